The van der Waals surface area contributed by atoms with Crippen molar-refractivity contribution in [2.24, 2.45) is 0 Å². The van der Waals surface area contributed by atoms with E-state index in [1.807, 2.05) is 6.20 Å². The predicted molar refractivity (Wildman–Crippen MR) is 286 cm³/mol. The first-order valence-electron chi connectivity index (χ1n) is 23.4. The van der Waals surface area contributed by atoms with Crippen molar-refractivity contribution in [3.8, 4) is 44.9 Å². The topological polar surface area (TPSA) is 27.7 Å². The van der Waals surface area contributed by atoms with Crippen molar-refractivity contribution in [3.05, 3.63) is 255 Å². The zero-order valence-electron chi connectivity index (χ0n) is 38.3. The first-order valence-corrected chi connectivity index (χ1v) is 25.4. The van der Waals surface area contributed by atoms with E-state index in [2.05, 4.69) is 277 Å². The van der Waals surface area contributed by atoms with Gasteiger partial charge >= 0.3 is 0 Å². The molecule has 69 heavy (non-hydrogen) atoms. The second-order valence-electron chi connectivity index (χ2n) is 17.8. The van der Waals surface area contributed by atoms with Gasteiger partial charge in [-0.05, 0) is 93.3 Å². The van der Waals surface area contributed by atoms with E-state index in [1.165, 1.54) is 43.7 Å². The Labute approximate surface area is 418 Å². The fraction of sp³-hybridized carbons (Fsp3) is 0.0476. The van der Waals surface area contributed by atoms with Crippen molar-refractivity contribution in [1.82, 2.24) is 18.7 Å². The van der Waals surface area contributed by atoms with E-state index < -0.39 is 8.07 Å². The molecular formula is C63H47N4PtSi-. The van der Waals surface area contributed by atoms with E-state index in [9.17, 15) is 0 Å². The van der Waals surface area contributed by atoms with Crippen LogP contribution in [0.5, 0.6) is 0 Å². The molecule has 0 atom stereocenters. The molecule has 0 saturated carbocycles. The van der Waals surface area contributed by atoms with Gasteiger partial charge in [-0.2, -0.15) is 35.5 Å². The number of hydrogen-bond acceptors (Lipinski definition) is 1. The van der Waals surface area contributed by atoms with E-state index in [1.54, 1.807) is 0 Å². The van der Waals surface area contributed by atoms with Gasteiger partial charge in [0.1, 0.15) is 13.9 Å². The molecule has 0 amide bonds. The monoisotopic (exact) mass is 1080 g/mol. The van der Waals surface area contributed by atoms with Gasteiger partial charge < -0.3 is 4.57 Å². The molecule has 0 saturated heterocycles. The van der Waals surface area contributed by atoms with Crippen LogP contribution in [0.2, 0.25) is 0 Å². The average Bonchev–Trinajstić information content (AvgIpc) is 3.97. The van der Waals surface area contributed by atoms with Gasteiger partial charge in [-0.25, -0.2) is 14.1 Å². The van der Waals surface area contributed by atoms with E-state index in [0.717, 1.165) is 54.8 Å². The van der Waals surface area contributed by atoms with Crippen molar-refractivity contribution in [2.75, 3.05) is 0 Å². The zero-order chi connectivity index (χ0) is 45.6. The molecule has 0 aliphatic carbocycles. The summed E-state index contributed by atoms with van der Waals surface area (Å²) in [6, 6.07) is 92.0. The minimum atomic E-state index is -3.16. The molecule has 0 aliphatic heterocycles. The molecule has 6 heteroatoms. The van der Waals surface area contributed by atoms with Crippen LogP contribution < -0.4 is 20.7 Å². The van der Waals surface area contributed by atoms with Crippen LogP contribution in [0.25, 0.3) is 77.7 Å². The molecule has 0 spiro atoms. The third-order valence-electron chi connectivity index (χ3n) is 13.6. The molecule has 0 radical (unpaired) electrons. The number of para-hydroxylation sites is 3. The van der Waals surface area contributed by atoms with Crippen LogP contribution in [-0.4, -0.2) is 26.8 Å². The first kappa shape index (κ1) is 43.8. The van der Waals surface area contributed by atoms with Gasteiger partial charge in [0.2, 0.25) is 0 Å². The van der Waals surface area contributed by atoms with Crippen LogP contribution in [0.1, 0.15) is 19.9 Å². The summed E-state index contributed by atoms with van der Waals surface area (Å²) in [4.78, 5) is 5.21. The van der Waals surface area contributed by atoms with Gasteiger partial charge in [-0.15, -0.1) is 22.7 Å². The second-order valence-corrected chi connectivity index (χ2v) is 21.5. The Morgan fingerprint density at radius 3 is 1.67 bits per heavy atom. The molecule has 0 bridgehead atoms. The van der Waals surface area contributed by atoms with Gasteiger partial charge in [-0.3, -0.25) is 0 Å². The number of fused-ring (bicyclic) bond motifs is 4. The first-order chi connectivity index (χ1) is 33.6. The fourth-order valence-corrected chi connectivity index (χ4v) is 15.0. The van der Waals surface area contributed by atoms with Gasteiger partial charge in [0.25, 0.3) is 0 Å². The van der Waals surface area contributed by atoms with Crippen molar-refractivity contribution < 1.29 is 21.1 Å². The summed E-state index contributed by atoms with van der Waals surface area (Å²) in [7, 11) is -3.16. The Bertz CT molecular complexity index is 3670. The summed E-state index contributed by atoms with van der Waals surface area (Å²) in [5, 5.41) is 7.12. The summed E-state index contributed by atoms with van der Waals surface area (Å²) >= 11 is 0. The van der Waals surface area contributed by atoms with E-state index in [4.69, 9.17) is 4.98 Å². The average molecular weight is 1080 g/mol. The van der Waals surface area contributed by atoms with E-state index >= 15 is 0 Å². The molecule has 334 valence electrons. The second kappa shape index (κ2) is 18.4. The van der Waals surface area contributed by atoms with Gasteiger partial charge in [0.15, 0.2) is 17.4 Å². The smallest absolute Gasteiger partial charge is 0.188 e. The van der Waals surface area contributed by atoms with E-state index in [-0.39, 0.29) is 21.1 Å². The number of pyridine rings is 1. The van der Waals surface area contributed by atoms with Crippen LogP contribution in [0.3, 0.4) is 0 Å². The third-order valence-corrected chi connectivity index (χ3v) is 18.2. The molecule has 9 aromatic carbocycles. The normalized spacial score (nSPS) is 11.6. The van der Waals surface area contributed by atoms with Gasteiger partial charge in [-0.1, -0.05) is 163 Å². The van der Waals surface area contributed by atoms with Gasteiger partial charge in [0, 0.05) is 50.6 Å². The summed E-state index contributed by atoms with van der Waals surface area (Å²) in [5.41, 5.74) is 12.4. The van der Waals surface area contributed by atoms with Crippen LogP contribution in [0.4, 0.5) is 0 Å². The number of rotatable bonds is 10. The Kier molecular flexibility index (Phi) is 11.7. The van der Waals surface area contributed by atoms with Gasteiger partial charge in [0.05, 0.1) is 6.04 Å². The van der Waals surface area contributed by atoms with Crippen molar-refractivity contribution in [1.29, 1.82) is 0 Å². The Morgan fingerprint density at radius 2 is 1.03 bits per heavy atom. The Morgan fingerprint density at radius 1 is 0.478 bits per heavy atom. The maximum absolute atomic E-state index is 5.21. The minimum Gasteiger partial charge on any atom is -0.319 e. The zero-order valence-corrected chi connectivity index (χ0v) is 41.5. The largest absolute Gasteiger partial charge is 0.319 e. The summed E-state index contributed by atoms with van der Waals surface area (Å²) < 4.78 is 6.98. The Balaban J connectivity index is 0.00000520. The van der Waals surface area contributed by atoms with Crippen molar-refractivity contribution >= 4 is 61.7 Å². The summed E-state index contributed by atoms with van der Waals surface area (Å²) in [6.45, 7) is 4.48. The van der Waals surface area contributed by atoms with Crippen LogP contribution in [0, 0.1) is 12.1 Å². The molecule has 0 fully saturated rings. The SMILES string of the molecule is CC(C)n1[cH+]n(-c2[c-]c([Si](c3[c-]c4c(cc3)c3ccccc3n4-c3cc(-c4c(-c5ccccc5)cccc4-c4ccccc4)ccn3)(c3ccccc3)c3ccccc3)ccc2)c2ccccc21.[Pt]. The molecule has 0 unspecified atom stereocenters. The van der Waals surface area contributed by atoms with Crippen LogP contribution in [0.15, 0.2) is 243 Å². The molecule has 12 rings (SSSR count). The number of aromatic nitrogens is 4. The third kappa shape index (κ3) is 7.50. The molecule has 4 nitrogen and oxygen atoms in total. The molecule has 12 aromatic rings. The van der Waals surface area contributed by atoms with Crippen molar-refractivity contribution in [3.63, 3.8) is 0 Å². The predicted octanol–water partition coefficient (Wildman–Crippen LogP) is 12.8. The number of nitrogens with zero attached hydrogens (tertiary/aromatic N) is 4. The fourth-order valence-electron chi connectivity index (χ4n) is 10.5. The maximum atomic E-state index is 5.21. The standard InChI is InChI=1S/C63H47N4Si.Pt/c1-45(2)65-44-66(60-36-18-17-35-59(60)65)49-25-19-30-52(42-49)68(50-26-11-5-12-27-50,51-28-13-6-14-29-51)53-37-38-57-56-31-15-16-34-58(56)67(61(57)43-53)62-41-48(39-40-64-62)63-54(46-21-7-3-8-22-46)32-20-33-55(63)47-23-9-4-10-24-47;/h3-41,44-45H,1-2H3;/q-1;. The molecule has 3 aromatic heterocycles. The summed E-state index contributed by atoms with van der Waals surface area (Å²) in [5.74, 6) is 0.835. The molecule has 0 aliphatic rings. The molecule has 0 N–H and O–H groups in total. The number of imidazole rings is 1. The van der Waals surface area contributed by atoms with E-state index in [0.29, 0.717) is 6.04 Å². The number of hydrogen-bond donors (Lipinski definition) is 0. The summed E-state index contributed by atoms with van der Waals surface area (Å²) in [6.07, 6.45) is 4.20. The Hall–Kier alpha value is -7.69. The maximum Gasteiger partial charge on any atom is 0.188 e. The van der Waals surface area contributed by atoms with Crippen molar-refractivity contribution in [2.45, 2.75) is 19.9 Å². The molecule has 3 heterocycles. The van der Waals surface area contributed by atoms with Crippen LogP contribution >= 0.6 is 0 Å². The minimum absolute atomic E-state index is 0. The quantitative estimate of drug-likeness (QED) is 0.0762. The molecular weight excluding hydrogens is 1040 g/mol. The van der Waals surface area contributed by atoms with Crippen LogP contribution in [-0.2, 0) is 21.1 Å². The number of benzene rings is 9.